The summed E-state index contributed by atoms with van der Waals surface area (Å²) in [5, 5.41) is 17.9. The highest BCUT2D eigenvalue weighted by Crippen LogP contribution is 2.17. The normalized spacial score (nSPS) is 9.56. The molecule has 0 atom stereocenters. The number of halogens is 2. The molecule has 0 aromatic heterocycles. The molecule has 0 heterocycles. The Balaban J connectivity index is 0.000000180. The number of benzene rings is 2. The van der Waals surface area contributed by atoms with Crippen LogP contribution in [0.3, 0.4) is 0 Å². The molecule has 0 unspecified atom stereocenters. The maximum Gasteiger partial charge on any atom is 0.116 e. The summed E-state index contributed by atoms with van der Waals surface area (Å²) in [6.45, 7) is 4.03. The van der Waals surface area contributed by atoms with Crippen LogP contribution in [-0.2, 0) is 0 Å². The lowest BCUT2D eigenvalue weighted by Gasteiger charge is -1.95. The van der Waals surface area contributed by atoms with Gasteiger partial charge in [-0.3, -0.25) is 0 Å². The Labute approximate surface area is 134 Å². The topological polar surface area (TPSA) is 40.5 Å². The van der Waals surface area contributed by atoms with Gasteiger partial charge in [0, 0.05) is 7.14 Å². The van der Waals surface area contributed by atoms with E-state index >= 15 is 0 Å². The summed E-state index contributed by atoms with van der Waals surface area (Å²) in [5.41, 5.74) is 2.40. The van der Waals surface area contributed by atoms with E-state index in [0.29, 0.717) is 11.5 Å². The van der Waals surface area contributed by atoms with E-state index in [4.69, 9.17) is 10.2 Å². The third-order valence-electron chi connectivity index (χ3n) is 2.31. The molecule has 2 nitrogen and oxygen atoms in total. The average molecular weight is 468 g/mol. The van der Waals surface area contributed by atoms with Crippen molar-refractivity contribution >= 4 is 45.2 Å². The predicted octanol–water partition coefficient (Wildman–Crippen LogP) is 4.61. The number of aromatic hydroxyl groups is 2. The van der Waals surface area contributed by atoms with Crippen LogP contribution >= 0.6 is 45.2 Å². The van der Waals surface area contributed by atoms with E-state index in [1.165, 1.54) is 11.1 Å². The van der Waals surface area contributed by atoms with Gasteiger partial charge in [0.2, 0.25) is 0 Å². The van der Waals surface area contributed by atoms with Crippen molar-refractivity contribution in [2.45, 2.75) is 13.8 Å². The average Bonchev–Trinajstić information content (AvgIpc) is 2.30. The Morgan fingerprint density at radius 1 is 0.722 bits per heavy atom. The molecule has 0 amide bonds. The zero-order valence-corrected chi connectivity index (χ0v) is 14.4. The van der Waals surface area contributed by atoms with Crippen molar-refractivity contribution in [2.24, 2.45) is 0 Å². The molecule has 0 fully saturated rings. The lowest BCUT2D eigenvalue weighted by atomic mass is 10.2. The summed E-state index contributed by atoms with van der Waals surface area (Å²) in [4.78, 5) is 0. The van der Waals surface area contributed by atoms with Gasteiger partial charge in [0.1, 0.15) is 11.5 Å². The second-order valence-electron chi connectivity index (χ2n) is 3.87. The van der Waals surface area contributed by atoms with Crippen molar-refractivity contribution < 1.29 is 10.2 Å². The highest BCUT2D eigenvalue weighted by molar-refractivity contribution is 14.1. The van der Waals surface area contributed by atoms with Crippen LogP contribution in [0, 0.1) is 21.0 Å². The van der Waals surface area contributed by atoms with E-state index in [9.17, 15) is 0 Å². The second kappa shape index (κ2) is 7.18. The molecule has 2 rings (SSSR count). The van der Waals surface area contributed by atoms with E-state index in [1.807, 2.05) is 26.0 Å². The van der Waals surface area contributed by atoms with E-state index in [0.717, 1.165) is 7.14 Å². The third-order valence-corrected chi connectivity index (χ3v) is 4.64. The lowest BCUT2D eigenvalue weighted by Crippen LogP contribution is -1.76. The van der Waals surface area contributed by atoms with Gasteiger partial charge in [0.05, 0.1) is 0 Å². The number of hydrogen-bond donors (Lipinski definition) is 2. The third kappa shape index (κ3) is 5.01. The summed E-state index contributed by atoms with van der Waals surface area (Å²) in [6, 6.07) is 10.7. The quantitative estimate of drug-likeness (QED) is 0.555. The summed E-state index contributed by atoms with van der Waals surface area (Å²) in [7, 11) is 0. The maximum absolute atomic E-state index is 8.93. The number of phenolic OH excluding ortho intramolecular Hbond substituents is 2. The van der Waals surface area contributed by atoms with Gasteiger partial charge >= 0.3 is 0 Å². The molecule has 4 heteroatoms. The molecule has 0 aliphatic rings. The molecule has 0 bridgehead atoms. The Kier molecular flexibility index (Phi) is 6.20. The minimum Gasteiger partial charge on any atom is -0.508 e. The van der Waals surface area contributed by atoms with Gasteiger partial charge in [-0.05, 0) is 94.4 Å². The zero-order valence-electron chi connectivity index (χ0n) is 10.1. The number of hydrogen-bond acceptors (Lipinski definition) is 2. The monoisotopic (exact) mass is 468 g/mol. The maximum atomic E-state index is 8.93. The van der Waals surface area contributed by atoms with E-state index in [2.05, 4.69) is 45.2 Å². The fraction of sp³-hybridized carbons (Fsp3) is 0.143. The van der Waals surface area contributed by atoms with Crippen molar-refractivity contribution in [3.63, 3.8) is 0 Å². The minimum atomic E-state index is 0.338. The first kappa shape index (κ1) is 15.6. The molecule has 0 radical (unpaired) electrons. The Morgan fingerprint density at radius 2 is 1.06 bits per heavy atom. The number of rotatable bonds is 0. The molecular formula is C14H14I2O2. The van der Waals surface area contributed by atoms with E-state index in [-0.39, 0.29) is 0 Å². The molecule has 96 valence electrons. The highest BCUT2D eigenvalue weighted by Gasteiger charge is 1.93. The Morgan fingerprint density at radius 3 is 1.28 bits per heavy atom. The largest absolute Gasteiger partial charge is 0.508 e. The summed E-state index contributed by atoms with van der Waals surface area (Å²) < 4.78 is 2.21. The first-order chi connectivity index (χ1) is 8.40. The van der Waals surface area contributed by atoms with Crippen LogP contribution in [0.4, 0.5) is 0 Å². The predicted molar refractivity (Wildman–Crippen MR) is 91.1 cm³/mol. The van der Waals surface area contributed by atoms with Crippen molar-refractivity contribution in [3.05, 3.63) is 54.7 Å². The Bertz CT molecular complexity index is 490. The fourth-order valence-electron chi connectivity index (χ4n) is 1.16. The molecule has 0 aliphatic carbocycles. The van der Waals surface area contributed by atoms with Crippen molar-refractivity contribution in [1.29, 1.82) is 0 Å². The van der Waals surface area contributed by atoms with Gasteiger partial charge in [-0.2, -0.15) is 0 Å². The fourth-order valence-corrected chi connectivity index (χ4v) is 2.16. The van der Waals surface area contributed by atoms with Gasteiger partial charge < -0.3 is 10.2 Å². The highest BCUT2D eigenvalue weighted by atomic mass is 127. The lowest BCUT2D eigenvalue weighted by molar-refractivity contribution is 0.474. The van der Waals surface area contributed by atoms with Gasteiger partial charge in [0.15, 0.2) is 0 Å². The molecule has 18 heavy (non-hydrogen) atoms. The first-order valence-corrected chi connectivity index (χ1v) is 7.46. The molecule has 2 aromatic carbocycles. The van der Waals surface area contributed by atoms with Crippen LogP contribution in [0.1, 0.15) is 11.1 Å². The van der Waals surface area contributed by atoms with Gasteiger partial charge in [0.25, 0.3) is 0 Å². The smallest absolute Gasteiger partial charge is 0.116 e. The first-order valence-electron chi connectivity index (χ1n) is 5.30. The van der Waals surface area contributed by atoms with Crippen LogP contribution in [0.2, 0.25) is 0 Å². The van der Waals surface area contributed by atoms with Crippen molar-refractivity contribution in [3.8, 4) is 11.5 Å². The van der Waals surface area contributed by atoms with Gasteiger partial charge in [-0.25, -0.2) is 0 Å². The molecule has 0 saturated heterocycles. The second-order valence-corrected chi connectivity index (χ2v) is 6.19. The van der Waals surface area contributed by atoms with E-state index in [1.54, 1.807) is 24.3 Å². The van der Waals surface area contributed by atoms with Crippen LogP contribution in [0.5, 0.6) is 11.5 Å². The molecule has 0 saturated carbocycles. The van der Waals surface area contributed by atoms with Crippen molar-refractivity contribution in [2.75, 3.05) is 0 Å². The zero-order chi connectivity index (χ0) is 13.7. The minimum absolute atomic E-state index is 0.338. The van der Waals surface area contributed by atoms with Crippen LogP contribution in [-0.4, -0.2) is 10.2 Å². The summed E-state index contributed by atoms with van der Waals surface area (Å²) >= 11 is 4.38. The number of phenols is 2. The summed E-state index contributed by atoms with van der Waals surface area (Å²) in [5.74, 6) is 0.676. The van der Waals surface area contributed by atoms with Crippen LogP contribution in [0.25, 0.3) is 0 Å². The molecule has 2 aromatic rings. The Hall–Kier alpha value is -0.500. The standard InChI is InChI=1S/2C7H7IO/c2*1-5-2-3-6(9)4-7(5)8/h2*2-4,9H,1H3. The van der Waals surface area contributed by atoms with Gasteiger partial charge in [-0.1, -0.05) is 12.1 Å². The molecular weight excluding hydrogens is 454 g/mol. The van der Waals surface area contributed by atoms with Gasteiger partial charge in [-0.15, -0.1) is 0 Å². The van der Waals surface area contributed by atoms with Crippen molar-refractivity contribution in [1.82, 2.24) is 0 Å². The number of aryl methyl sites for hydroxylation is 2. The molecule has 2 N–H and O–H groups in total. The van der Waals surface area contributed by atoms with E-state index < -0.39 is 0 Å². The molecule has 0 spiro atoms. The molecule has 0 aliphatic heterocycles. The SMILES string of the molecule is Cc1ccc(O)cc1I.Cc1ccc(O)cc1I. The van der Waals surface area contributed by atoms with Crippen LogP contribution < -0.4 is 0 Å². The summed E-state index contributed by atoms with van der Waals surface area (Å²) in [6.07, 6.45) is 0. The van der Waals surface area contributed by atoms with Crippen LogP contribution in [0.15, 0.2) is 36.4 Å².